The van der Waals surface area contributed by atoms with Crippen molar-refractivity contribution in [2.45, 2.75) is 6.54 Å². The van der Waals surface area contributed by atoms with Gasteiger partial charge in [-0.25, -0.2) is 13.2 Å². The molecule has 0 atom stereocenters. The number of halogens is 3. The van der Waals surface area contributed by atoms with Crippen molar-refractivity contribution in [3.8, 4) is 11.1 Å². The minimum atomic E-state index is -0.656. The van der Waals surface area contributed by atoms with Crippen molar-refractivity contribution < 1.29 is 13.2 Å². The Labute approximate surface area is 103 Å². The van der Waals surface area contributed by atoms with E-state index in [4.69, 9.17) is 0 Å². The third kappa shape index (κ3) is 2.38. The SMILES string of the molecule is CNCc1cc(-c2c(F)cccc2F)ccc1F. The Morgan fingerprint density at radius 3 is 2.22 bits per heavy atom. The number of hydrogen-bond donors (Lipinski definition) is 1. The Kier molecular flexibility index (Phi) is 3.67. The average Bonchev–Trinajstić information content (AvgIpc) is 2.33. The molecule has 0 spiro atoms. The predicted molar refractivity (Wildman–Crippen MR) is 64.5 cm³/mol. The van der Waals surface area contributed by atoms with Gasteiger partial charge in [0.25, 0.3) is 0 Å². The van der Waals surface area contributed by atoms with Gasteiger partial charge in [-0.05, 0) is 36.9 Å². The molecule has 0 aliphatic heterocycles. The molecule has 2 rings (SSSR count). The summed E-state index contributed by atoms with van der Waals surface area (Å²) in [5.41, 5.74) is 0.574. The Hall–Kier alpha value is -1.81. The minimum Gasteiger partial charge on any atom is -0.316 e. The molecule has 0 fully saturated rings. The first kappa shape index (κ1) is 12.6. The van der Waals surface area contributed by atoms with Crippen molar-refractivity contribution in [3.05, 3.63) is 59.4 Å². The van der Waals surface area contributed by atoms with E-state index in [1.54, 1.807) is 7.05 Å². The topological polar surface area (TPSA) is 12.0 Å². The maximum atomic E-state index is 13.6. The van der Waals surface area contributed by atoms with Crippen LogP contribution in [0.4, 0.5) is 13.2 Å². The highest BCUT2D eigenvalue weighted by atomic mass is 19.1. The van der Waals surface area contributed by atoms with Crippen LogP contribution in [0.2, 0.25) is 0 Å². The van der Waals surface area contributed by atoms with Crippen LogP contribution in [0.3, 0.4) is 0 Å². The van der Waals surface area contributed by atoms with Crippen LogP contribution in [0.25, 0.3) is 11.1 Å². The zero-order valence-electron chi connectivity index (χ0n) is 9.81. The van der Waals surface area contributed by atoms with Crippen molar-refractivity contribution in [2.75, 3.05) is 7.05 Å². The Morgan fingerprint density at radius 2 is 1.61 bits per heavy atom. The summed E-state index contributed by atoms with van der Waals surface area (Å²) in [4.78, 5) is 0. The number of rotatable bonds is 3. The van der Waals surface area contributed by atoms with E-state index >= 15 is 0 Å². The summed E-state index contributed by atoms with van der Waals surface area (Å²) in [6.07, 6.45) is 0. The zero-order chi connectivity index (χ0) is 13.1. The molecule has 0 heterocycles. The lowest BCUT2D eigenvalue weighted by Gasteiger charge is -2.08. The van der Waals surface area contributed by atoms with Gasteiger partial charge in [0, 0.05) is 12.1 Å². The van der Waals surface area contributed by atoms with Gasteiger partial charge in [-0.15, -0.1) is 0 Å². The van der Waals surface area contributed by atoms with Gasteiger partial charge in [0.1, 0.15) is 17.5 Å². The monoisotopic (exact) mass is 251 g/mol. The van der Waals surface area contributed by atoms with Gasteiger partial charge in [-0.1, -0.05) is 12.1 Å². The van der Waals surface area contributed by atoms with E-state index in [2.05, 4.69) is 5.32 Å². The molecule has 0 saturated carbocycles. The van der Waals surface area contributed by atoms with Crippen molar-refractivity contribution in [3.63, 3.8) is 0 Å². The van der Waals surface area contributed by atoms with E-state index in [0.717, 1.165) is 0 Å². The Balaban J connectivity index is 2.54. The quantitative estimate of drug-likeness (QED) is 0.880. The summed E-state index contributed by atoms with van der Waals surface area (Å²) in [5, 5.41) is 2.81. The number of hydrogen-bond acceptors (Lipinski definition) is 1. The molecular formula is C14H12F3N. The molecule has 0 amide bonds. The number of benzene rings is 2. The highest BCUT2D eigenvalue weighted by molar-refractivity contribution is 5.65. The smallest absolute Gasteiger partial charge is 0.133 e. The highest BCUT2D eigenvalue weighted by Crippen LogP contribution is 2.27. The van der Waals surface area contributed by atoms with E-state index in [1.807, 2.05) is 0 Å². The third-order valence-electron chi connectivity index (χ3n) is 2.66. The normalized spacial score (nSPS) is 10.7. The second-order valence-corrected chi connectivity index (χ2v) is 3.93. The van der Waals surface area contributed by atoms with Crippen LogP contribution in [0, 0.1) is 17.5 Å². The van der Waals surface area contributed by atoms with Gasteiger partial charge >= 0.3 is 0 Å². The summed E-state index contributed by atoms with van der Waals surface area (Å²) < 4.78 is 40.7. The minimum absolute atomic E-state index is 0.130. The van der Waals surface area contributed by atoms with Gasteiger partial charge in [0.15, 0.2) is 0 Å². The molecule has 18 heavy (non-hydrogen) atoms. The molecule has 94 valence electrons. The molecule has 0 radical (unpaired) electrons. The molecule has 2 aromatic carbocycles. The fraction of sp³-hybridized carbons (Fsp3) is 0.143. The summed E-state index contributed by atoms with van der Waals surface area (Å²) >= 11 is 0. The first-order valence-corrected chi connectivity index (χ1v) is 5.51. The first-order chi connectivity index (χ1) is 8.63. The molecule has 4 heteroatoms. The van der Waals surface area contributed by atoms with Gasteiger partial charge in [-0.2, -0.15) is 0 Å². The molecule has 2 aromatic rings. The summed E-state index contributed by atoms with van der Waals surface area (Å²) in [5.74, 6) is -1.71. The van der Waals surface area contributed by atoms with Crippen molar-refractivity contribution in [1.29, 1.82) is 0 Å². The van der Waals surface area contributed by atoms with Crippen LogP contribution in [-0.2, 0) is 6.54 Å². The van der Waals surface area contributed by atoms with Crippen LogP contribution < -0.4 is 5.32 Å². The molecular weight excluding hydrogens is 239 g/mol. The van der Waals surface area contributed by atoms with E-state index in [0.29, 0.717) is 17.7 Å². The molecule has 0 unspecified atom stereocenters. The lowest BCUT2D eigenvalue weighted by Crippen LogP contribution is -2.07. The van der Waals surface area contributed by atoms with Gasteiger partial charge in [-0.3, -0.25) is 0 Å². The summed E-state index contributed by atoms with van der Waals surface area (Å²) in [6.45, 7) is 0.301. The standard InChI is InChI=1S/C14H12F3N/c1-18-8-10-7-9(5-6-11(10)15)14-12(16)3-2-4-13(14)17/h2-7,18H,8H2,1H3. The fourth-order valence-corrected chi connectivity index (χ4v) is 1.83. The van der Waals surface area contributed by atoms with Crippen molar-refractivity contribution in [2.24, 2.45) is 0 Å². The lowest BCUT2D eigenvalue weighted by atomic mass is 10.0. The van der Waals surface area contributed by atoms with Gasteiger partial charge in [0.05, 0.1) is 5.56 Å². The van der Waals surface area contributed by atoms with Crippen LogP contribution in [-0.4, -0.2) is 7.05 Å². The zero-order valence-corrected chi connectivity index (χ0v) is 9.81. The number of nitrogens with one attached hydrogen (secondary N) is 1. The largest absolute Gasteiger partial charge is 0.316 e. The summed E-state index contributed by atoms with van der Waals surface area (Å²) in [7, 11) is 1.68. The maximum absolute atomic E-state index is 13.6. The lowest BCUT2D eigenvalue weighted by molar-refractivity contribution is 0.587. The average molecular weight is 251 g/mol. The van der Waals surface area contributed by atoms with Crippen LogP contribution in [0.1, 0.15) is 5.56 Å². The molecule has 0 aliphatic rings. The summed E-state index contributed by atoms with van der Waals surface area (Å²) in [6, 6.07) is 7.70. The van der Waals surface area contributed by atoms with Crippen LogP contribution in [0.5, 0.6) is 0 Å². The van der Waals surface area contributed by atoms with E-state index < -0.39 is 17.5 Å². The molecule has 1 N–H and O–H groups in total. The molecule has 1 nitrogen and oxygen atoms in total. The molecule has 0 aromatic heterocycles. The second-order valence-electron chi connectivity index (χ2n) is 3.93. The molecule has 0 aliphatic carbocycles. The maximum Gasteiger partial charge on any atom is 0.133 e. The van der Waals surface area contributed by atoms with E-state index in [-0.39, 0.29) is 5.56 Å². The third-order valence-corrected chi connectivity index (χ3v) is 2.66. The van der Waals surface area contributed by atoms with E-state index in [9.17, 15) is 13.2 Å². The fourth-order valence-electron chi connectivity index (χ4n) is 1.83. The highest BCUT2D eigenvalue weighted by Gasteiger charge is 2.12. The van der Waals surface area contributed by atoms with Crippen molar-refractivity contribution in [1.82, 2.24) is 5.32 Å². The van der Waals surface area contributed by atoms with Crippen LogP contribution in [0.15, 0.2) is 36.4 Å². The second kappa shape index (κ2) is 5.23. The van der Waals surface area contributed by atoms with Gasteiger partial charge in [0.2, 0.25) is 0 Å². The molecule has 0 bridgehead atoms. The van der Waals surface area contributed by atoms with Gasteiger partial charge < -0.3 is 5.32 Å². The molecule has 0 saturated heterocycles. The van der Waals surface area contributed by atoms with Crippen LogP contribution >= 0.6 is 0 Å². The van der Waals surface area contributed by atoms with Crippen molar-refractivity contribution >= 4 is 0 Å². The Morgan fingerprint density at radius 1 is 0.944 bits per heavy atom. The van der Waals surface area contributed by atoms with E-state index in [1.165, 1.54) is 36.4 Å². The Bertz CT molecular complexity index is 547. The first-order valence-electron chi connectivity index (χ1n) is 5.51. The predicted octanol–water partition coefficient (Wildman–Crippen LogP) is 3.49.